The first-order chi connectivity index (χ1) is 16.5. The molecule has 0 saturated heterocycles. The van der Waals surface area contributed by atoms with Crippen molar-refractivity contribution < 1.29 is 28.6 Å². The Labute approximate surface area is 201 Å². The zero-order valence-electron chi connectivity index (χ0n) is 19.8. The summed E-state index contributed by atoms with van der Waals surface area (Å²) < 4.78 is 18.5. The van der Waals surface area contributed by atoms with Crippen molar-refractivity contribution in [3.8, 4) is 0 Å². The fourth-order valence-electron chi connectivity index (χ4n) is 4.36. The number of aromatic amines is 1. The molecule has 2 heterocycles. The lowest BCUT2D eigenvalue weighted by molar-refractivity contribution is -0.130. The van der Waals surface area contributed by atoms with E-state index in [0.29, 0.717) is 22.5 Å². The first-order valence-electron chi connectivity index (χ1n) is 11.1. The van der Waals surface area contributed by atoms with Crippen molar-refractivity contribution in [3.05, 3.63) is 71.3 Å². The summed E-state index contributed by atoms with van der Waals surface area (Å²) in [6.45, 7) is 7.49. The van der Waals surface area contributed by atoms with Gasteiger partial charge in [0.05, 0.1) is 17.4 Å². The number of benzene rings is 2. The highest BCUT2D eigenvalue weighted by molar-refractivity contribution is 6.17. The van der Waals surface area contributed by atoms with Crippen molar-refractivity contribution in [2.24, 2.45) is 0 Å². The molecule has 0 bridgehead atoms. The fourth-order valence-corrected chi connectivity index (χ4v) is 4.36. The number of H-pyrrole nitrogens is 1. The molecule has 0 unspecified atom stereocenters. The van der Waals surface area contributed by atoms with Gasteiger partial charge < -0.3 is 19.7 Å². The number of aromatic nitrogens is 1. The molecule has 0 saturated carbocycles. The number of amides is 2. The van der Waals surface area contributed by atoms with Crippen LogP contribution in [0, 0.1) is 5.82 Å². The number of carboxylic acids is 1. The summed E-state index contributed by atoms with van der Waals surface area (Å²) in [7, 11) is 0. The Morgan fingerprint density at radius 1 is 1.14 bits per heavy atom. The number of hydrogen-bond acceptors (Lipinski definition) is 4. The summed E-state index contributed by atoms with van der Waals surface area (Å²) >= 11 is 0. The van der Waals surface area contributed by atoms with E-state index in [4.69, 9.17) is 4.74 Å². The molecule has 1 aliphatic heterocycles. The molecule has 182 valence electrons. The summed E-state index contributed by atoms with van der Waals surface area (Å²) in [6.07, 6.45) is 0.437. The molecule has 2 amide bonds. The topological polar surface area (TPSA) is 112 Å². The van der Waals surface area contributed by atoms with E-state index >= 15 is 0 Å². The van der Waals surface area contributed by atoms with Crippen LogP contribution < -0.4 is 5.32 Å². The molecule has 0 atom stereocenters. The van der Waals surface area contributed by atoms with E-state index < -0.39 is 29.2 Å². The molecular formula is C26H26FN3O5. The van der Waals surface area contributed by atoms with Gasteiger partial charge in [0.1, 0.15) is 5.82 Å². The van der Waals surface area contributed by atoms with Crippen LogP contribution in [-0.2, 0) is 14.9 Å². The Kier molecular flexibility index (Phi) is 6.10. The molecule has 4 rings (SSSR count). The number of carbonyl (C=O) groups is 3. The second-order valence-corrected chi connectivity index (χ2v) is 9.39. The molecular weight excluding hydrogens is 453 g/mol. The minimum absolute atomic E-state index is 0.0778. The lowest BCUT2D eigenvalue weighted by Gasteiger charge is -2.29. The van der Waals surface area contributed by atoms with E-state index in [1.807, 2.05) is 13.8 Å². The van der Waals surface area contributed by atoms with Gasteiger partial charge in [-0.25, -0.2) is 14.0 Å². The summed E-state index contributed by atoms with van der Waals surface area (Å²) in [5, 5.41) is 13.4. The van der Waals surface area contributed by atoms with Gasteiger partial charge in [0, 0.05) is 40.3 Å². The number of nitrogens with zero attached hydrogens (tertiary/aromatic N) is 1. The highest BCUT2D eigenvalue weighted by Crippen LogP contribution is 2.41. The van der Waals surface area contributed by atoms with E-state index in [1.165, 1.54) is 35.4 Å². The largest absolute Gasteiger partial charge is 0.478 e. The highest BCUT2D eigenvalue weighted by Gasteiger charge is 2.37. The van der Waals surface area contributed by atoms with Crippen LogP contribution in [0.3, 0.4) is 0 Å². The van der Waals surface area contributed by atoms with Gasteiger partial charge in [0.25, 0.3) is 5.91 Å². The fraction of sp³-hybridized carbons (Fsp3) is 0.269. The summed E-state index contributed by atoms with van der Waals surface area (Å²) in [4.78, 5) is 42.1. The Bertz CT molecular complexity index is 1360. The molecule has 35 heavy (non-hydrogen) atoms. The van der Waals surface area contributed by atoms with Gasteiger partial charge in [0.15, 0.2) is 0 Å². The van der Waals surface area contributed by atoms with Crippen molar-refractivity contribution in [3.63, 3.8) is 0 Å². The third-order valence-electron chi connectivity index (χ3n) is 5.77. The molecule has 0 radical (unpaired) electrons. The van der Waals surface area contributed by atoms with Crippen molar-refractivity contribution >= 4 is 40.1 Å². The van der Waals surface area contributed by atoms with Crippen molar-refractivity contribution in [2.75, 3.05) is 11.9 Å². The molecule has 2 aromatic carbocycles. The lowest BCUT2D eigenvalue weighted by Crippen LogP contribution is -2.36. The van der Waals surface area contributed by atoms with Crippen LogP contribution in [0.4, 0.5) is 14.9 Å². The van der Waals surface area contributed by atoms with Gasteiger partial charge in [0.2, 0.25) is 0 Å². The molecule has 0 fully saturated rings. The number of fused-ring (bicyclic) bond motifs is 3. The van der Waals surface area contributed by atoms with E-state index in [0.717, 1.165) is 5.39 Å². The number of nitrogens with one attached hydrogen (secondary N) is 2. The van der Waals surface area contributed by atoms with E-state index in [1.54, 1.807) is 32.0 Å². The van der Waals surface area contributed by atoms with E-state index in [2.05, 4.69) is 10.3 Å². The number of halogens is 1. The number of rotatable bonds is 4. The first-order valence-corrected chi connectivity index (χ1v) is 11.1. The minimum Gasteiger partial charge on any atom is -0.478 e. The Hall–Kier alpha value is -4.14. The number of hydrogen-bond donors (Lipinski definition) is 3. The van der Waals surface area contributed by atoms with Gasteiger partial charge in [-0.2, -0.15) is 0 Å². The average molecular weight is 480 g/mol. The average Bonchev–Trinajstić information content (AvgIpc) is 3.09. The number of carboxylic acid groups (broad SMARTS) is 1. The molecule has 0 aliphatic carbocycles. The van der Waals surface area contributed by atoms with E-state index in [-0.39, 0.29) is 23.8 Å². The van der Waals surface area contributed by atoms with Crippen LogP contribution in [0.5, 0.6) is 0 Å². The molecule has 0 spiro atoms. The van der Waals surface area contributed by atoms with Gasteiger partial charge in [-0.3, -0.25) is 10.1 Å². The minimum atomic E-state index is -1.20. The summed E-state index contributed by atoms with van der Waals surface area (Å²) in [6, 6.07) is 10.3. The standard InChI is InChI=1S/C26H26FN3O5/c1-14(2)35-25(34)28-17-9-10-20-18(11-17)21-22(29-20)19(24(32)33)12-30(13-26(21,3)4)23(31)15-5-7-16(27)8-6-15/h5-12,14,29H,13H2,1-4H3,(H,28,34)(H,32,33). The summed E-state index contributed by atoms with van der Waals surface area (Å²) in [5.41, 5.74) is 1.75. The maximum atomic E-state index is 13.4. The van der Waals surface area contributed by atoms with Crippen LogP contribution >= 0.6 is 0 Å². The zero-order chi connectivity index (χ0) is 25.5. The molecule has 3 N–H and O–H groups in total. The van der Waals surface area contributed by atoms with Crippen LogP contribution in [0.25, 0.3) is 16.5 Å². The molecule has 3 aromatic rings. The predicted molar refractivity (Wildman–Crippen MR) is 130 cm³/mol. The number of anilines is 1. The third-order valence-corrected chi connectivity index (χ3v) is 5.77. The van der Waals surface area contributed by atoms with Crippen LogP contribution in [0.15, 0.2) is 48.7 Å². The summed E-state index contributed by atoms with van der Waals surface area (Å²) in [5.74, 6) is -2.11. The van der Waals surface area contributed by atoms with Gasteiger partial charge in [-0.15, -0.1) is 0 Å². The maximum Gasteiger partial charge on any atom is 0.411 e. The third kappa shape index (κ3) is 4.75. The van der Waals surface area contributed by atoms with Crippen molar-refractivity contribution in [1.29, 1.82) is 0 Å². The molecule has 9 heteroatoms. The molecule has 1 aliphatic rings. The van der Waals surface area contributed by atoms with Gasteiger partial charge in [-0.05, 0) is 61.9 Å². The van der Waals surface area contributed by atoms with Crippen LogP contribution in [0.1, 0.15) is 49.3 Å². The van der Waals surface area contributed by atoms with Crippen molar-refractivity contribution in [1.82, 2.24) is 9.88 Å². The van der Waals surface area contributed by atoms with Gasteiger partial charge >= 0.3 is 12.1 Å². The zero-order valence-corrected chi connectivity index (χ0v) is 19.8. The normalized spacial score (nSPS) is 14.8. The first kappa shape index (κ1) is 24.0. The Morgan fingerprint density at radius 2 is 1.83 bits per heavy atom. The highest BCUT2D eigenvalue weighted by atomic mass is 19.1. The van der Waals surface area contributed by atoms with E-state index in [9.17, 15) is 23.9 Å². The van der Waals surface area contributed by atoms with Crippen LogP contribution in [0.2, 0.25) is 0 Å². The van der Waals surface area contributed by atoms with Crippen molar-refractivity contribution in [2.45, 2.75) is 39.2 Å². The number of aliphatic carboxylic acids is 1. The molecule has 1 aromatic heterocycles. The monoisotopic (exact) mass is 479 g/mol. The lowest BCUT2D eigenvalue weighted by atomic mass is 9.81. The second-order valence-electron chi connectivity index (χ2n) is 9.39. The maximum absolute atomic E-state index is 13.4. The Balaban J connectivity index is 1.80. The predicted octanol–water partition coefficient (Wildman–Crippen LogP) is 5.12. The smallest absolute Gasteiger partial charge is 0.411 e. The Morgan fingerprint density at radius 3 is 2.46 bits per heavy atom. The number of carbonyl (C=O) groups excluding carboxylic acids is 2. The SMILES string of the molecule is CC(C)OC(=O)Nc1ccc2[nH]c3c(c2c1)C(C)(C)CN(C(=O)c1ccc(F)cc1)C=C3C(=O)O. The number of ether oxygens (including phenoxy) is 1. The van der Waals surface area contributed by atoms with Gasteiger partial charge in [-0.1, -0.05) is 13.8 Å². The second kappa shape index (κ2) is 8.90. The quantitative estimate of drug-likeness (QED) is 0.481. The molecule has 8 nitrogen and oxygen atoms in total. The van der Waals surface area contributed by atoms with Crippen LogP contribution in [-0.4, -0.2) is 45.6 Å².